The van der Waals surface area contributed by atoms with E-state index in [4.69, 9.17) is 10.5 Å². The SMILES string of the molecule is OO.[Ba+2].[H-].[H-].[H-].[H-].[Sr+2]. The van der Waals surface area contributed by atoms with Crippen LogP contribution in [0.2, 0.25) is 0 Å². The molecule has 0 aromatic heterocycles. The third-order valence-electron chi connectivity index (χ3n) is 0. The Balaban J connectivity index is -0.000000000333. The van der Waals surface area contributed by atoms with Gasteiger partial charge in [-0.15, -0.1) is 0 Å². The van der Waals surface area contributed by atoms with Crippen LogP contribution in [-0.2, 0) is 0 Å². The molecule has 4 heavy (non-hydrogen) atoms. The molecule has 0 aromatic rings. The third kappa shape index (κ3) is 8.88. The van der Waals surface area contributed by atoms with Crippen LogP contribution in [0.15, 0.2) is 0 Å². The van der Waals surface area contributed by atoms with Crippen molar-refractivity contribution in [2.24, 2.45) is 0 Å². The summed E-state index contributed by atoms with van der Waals surface area (Å²) in [6, 6.07) is 0. The summed E-state index contributed by atoms with van der Waals surface area (Å²) in [6.07, 6.45) is 0. The molecule has 2 nitrogen and oxygen atoms in total. The third-order valence-corrected chi connectivity index (χ3v) is 0. The van der Waals surface area contributed by atoms with Crippen LogP contribution in [0.3, 0.4) is 0 Å². The van der Waals surface area contributed by atoms with Crippen molar-refractivity contribution in [2.45, 2.75) is 0 Å². The minimum Gasteiger partial charge on any atom is -1.00 e. The quantitative estimate of drug-likeness (QED) is 0.358. The first-order valence-corrected chi connectivity index (χ1v) is 0.200. The summed E-state index contributed by atoms with van der Waals surface area (Å²) in [6.45, 7) is 0. The van der Waals surface area contributed by atoms with Gasteiger partial charge in [-0.2, -0.15) is 0 Å². The van der Waals surface area contributed by atoms with Gasteiger partial charge in [-0.1, -0.05) is 0 Å². The van der Waals surface area contributed by atoms with Crippen LogP contribution in [0.4, 0.5) is 0 Å². The van der Waals surface area contributed by atoms with Gasteiger partial charge in [0.1, 0.15) is 0 Å². The molecular formula is H6BaO2Sr. The first kappa shape index (κ1) is 15.8. The van der Waals surface area contributed by atoms with E-state index in [9.17, 15) is 0 Å². The maximum Gasteiger partial charge on any atom is 2.00 e. The first-order chi connectivity index (χ1) is 1.00. The van der Waals surface area contributed by atoms with Gasteiger partial charge in [-0.3, -0.25) is 10.5 Å². The second-order valence-corrected chi connectivity index (χ2v) is 0. The van der Waals surface area contributed by atoms with E-state index >= 15 is 0 Å². The summed E-state index contributed by atoms with van der Waals surface area (Å²) >= 11 is 0. The van der Waals surface area contributed by atoms with Crippen molar-refractivity contribution in [2.75, 3.05) is 0 Å². The van der Waals surface area contributed by atoms with E-state index in [1.807, 2.05) is 0 Å². The molecule has 0 aliphatic carbocycles. The van der Waals surface area contributed by atoms with Crippen molar-refractivity contribution >= 4 is 94.4 Å². The summed E-state index contributed by atoms with van der Waals surface area (Å²) in [5.41, 5.74) is 0. The predicted octanol–water partition coefficient (Wildman–Crippen LogP) is -0.294. The maximum atomic E-state index is 6.00. The smallest absolute Gasteiger partial charge is 1.00 e. The molecule has 22 valence electrons. The molecule has 0 bridgehead atoms. The Morgan fingerprint density at radius 2 is 1.25 bits per heavy atom. The molecule has 4 heteroatoms. The number of hydrogen-bond acceptors (Lipinski definition) is 2. The van der Waals surface area contributed by atoms with Crippen LogP contribution in [0.25, 0.3) is 0 Å². The van der Waals surface area contributed by atoms with Crippen molar-refractivity contribution in [1.29, 1.82) is 0 Å². The van der Waals surface area contributed by atoms with E-state index in [0.717, 1.165) is 0 Å². The van der Waals surface area contributed by atoms with Gasteiger partial charge in [0.2, 0.25) is 0 Å². The monoisotopic (exact) mass is 264 g/mol. The molecule has 0 spiro atoms. The molecule has 0 unspecified atom stereocenters. The topological polar surface area (TPSA) is 40.5 Å². The van der Waals surface area contributed by atoms with E-state index in [-0.39, 0.29) is 100 Å². The van der Waals surface area contributed by atoms with Crippen LogP contribution in [0.1, 0.15) is 5.71 Å². The summed E-state index contributed by atoms with van der Waals surface area (Å²) in [5, 5.41) is 12.0. The van der Waals surface area contributed by atoms with Gasteiger partial charge < -0.3 is 5.71 Å². The average Bonchev–Trinajstić information content (AvgIpc) is 1.00. The fraction of sp³-hybridized carbons (Fsp3) is 0. The summed E-state index contributed by atoms with van der Waals surface area (Å²) in [5.74, 6) is 0. The Hall–Kier alpha value is 2.97. The van der Waals surface area contributed by atoms with Gasteiger partial charge in [0.05, 0.1) is 0 Å². The van der Waals surface area contributed by atoms with Gasteiger partial charge in [0, 0.05) is 0 Å². The van der Waals surface area contributed by atoms with Gasteiger partial charge >= 0.3 is 94.4 Å². The van der Waals surface area contributed by atoms with Crippen molar-refractivity contribution in [3.8, 4) is 0 Å². The predicted molar refractivity (Wildman–Crippen MR) is 21.2 cm³/mol. The Morgan fingerprint density at radius 3 is 1.25 bits per heavy atom. The molecule has 0 aliphatic rings. The van der Waals surface area contributed by atoms with Crippen LogP contribution in [0, 0.1) is 0 Å². The molecule has 0 heterocycles. The largest absolute Gasteiger partial charge is 2.00 e. The fourth-order valence-electron chi connectivity index (χ4n) is 0. The van der Waals surface area contributed by atoms with Crippen LogP contribution in [-0.4, -0.2) is 105 Å². The van der Waals surface area contributed by atoms with Crippen molar-refractivity contribution in [3.63, 3.8) is 0 Å². The van der Waals surface area contributed by atoms with E-state index in [1.54, 1.807) is 0 Å². The summed E-state index contributed by atoms with van der Waals surface area (Å²) in [4.78, 5) is 0. The molecular weight excluding hydrogens is 257 g/mol. The molecule has 0 saturated heterocycles. The van der Waals surface area contributed by atoms with E-state index in [2.05, 4.69) is 0 Å². The molecule has 0 fully saturated rings. The Morgan fingerprint density at radius 1 is 1.25 bits per heavy atom. The average molecular weight is 263 g/mol. The standard InChI is InChI=1S/Ba.H2O2.Sr.4H/c;1-2;;;;;/h;1-2H;;;;;/q+2;;+2;4*-1. The minimum absolute atomic E-state index is 0. The minimum atomic E-state index is 0. The number of rotatable bonds is 0. The Bertz CT molecular complexity index is 14.0. The summed E-state index contributed by atoms with van der Waals surface area (Å²) in [7, 11) is 0. The normalized spacial score (nSPS) is 1.50. The van der Waals surface area contributed by atoms with E-state index in [0.29, 0.717) is 0 Å². The fourth-order valence-corrected chi connectivity index (χ4v) is 0. The second-order valence-electron chi connectivity index (χ2n) is 0. The van der Waals surface area contributed by atoms with Crippen LogP contribution < -0.4 is 0 Å². The van der Waals surface area contributed by atoms with Gasteiger partial charge in [-0.05, 0) is 0 Å². The van der Waals surface area contributed by atoms with Gasteiger partial charge in [0.25, 0.3) is 0 Å². The second kappa shape index (κ2) is 16.7. The molecule has 0 aliphatic heterocycles. The molecule has 0 aromatic carbocycles. The van der Waals surface area contributed by atoms with E-state index in [1.165, 1.54) is 0 Å². The Kier molecular flexibility index (Phi) is 65.9. The molecule has 0 rings (SSSR count). The molecule has 0 radical (unpaired) electrons. The van der Waals surface area contributed by atoms with Gasteiger partial charge in [0.15, 0.2) is 0 Å². The molecule has 2 N–H and O–H groups in total. The van der Waals surface area contributed by atoms with Gasteiger partial charge in [-0.25, -0.2) is 0 Å². The zero-order chi connectivity index (χ0) is 2.00. The summed E-state index contributed by atoms with van der Waals surface area (Å²) < 4.78 is 0. The van der Waals surface area contributed by atoms with Crippen LogP contribution in [0.5, 0.6) is 0 Å². The zero-order valence-electron chi connectivity index (χ0n) is 6.31. The number of hydrogen-bond donors (Lipinski definition) is 2. The first-order valence-electron chi connectivity index (χ1n) is 0.200. The zero-order valence-corrected chi connectivity index (χ0v) is 10.2. The molecule has 0 saturated carbocycles. The van der Waals surface area contributed by atoms with Crippen molar-refractivity contribution in [1.82, 2.24) is 0 Å². The van der Waals surface area contributed by atoms with Crippen LogP contribution >= 0.6 is 0 Å². The van der Waals surface area contributed by atoms with Crippen molar-refractivity contribution in [3.05, 3.63) is 0 Å². The van der Waals surface area contributed by atoms with E-state index < -0.39 is 0 Å². The maximum absolute atomic E-state index is 6.00. The molecule has 0 amide bonds. The molecule has 0 atom stereocenters. The Labute approximate surface area is 108 Å². The van der Waals surface area contributed by atoms with Crippen molar-refractivity contribution < 1.29 is 16.2 Å².